The third-order valence-corrected chi connectivity index (χ3v) is 7.18. The minimum atomic E-state index is -0.481. The molecule has 1 N–H and O–H groups in total. The number of hydrogen-bond donors (Lipinski definition) is 1. The van der Waals surface area contributed by atoms with Crippen LogP contribution < -0.4 is 10.1 Å². The van der Waals surface area contributed by atoms with E-state index in [-0.39, 0.29) is 5.91 Å². The molecule has 4 rings (SSSR count). The van der Waals surface area contributed by atoms with Crippen LogP contribution in [0.3, 0.4) is 0 Å². The molecule has 0 bridgehead atoms. The summed E-state index contributed by atoms with van der Waals surface area (Å²) in [5.41, 5.74) is 0.600. The summed E-state index contributed by atoms with van der Waals surface area (Å²) < 4.78 is 10.9. The Labute approximate surface area is 168 Å². The molecule has 1 aromatic rings. The molecule has 3 saturated heterocycles. The zero-order valence-corrected chi connectivity index (χ0v) is 17.1. The van der Waals surface area contributed by atoms with Gasteiger partial charge in [-0.15, -0.1) is 0 Å². The van der Waals surface area contributed by atoms with Crippen molar-refractivity contribution in [2.75, 3.05) is 40.0 Å². The predicted molar refractivity (Wildman–Crippen MR) is 110 cm³/mol. The van der Waals surface area contributed by atoms with Crippen LogP contribution in [0.15, 0.2) is 24.3 Å². The molecule has 0 saturated carbocycles. The van der Waals surface area contributed by atoms with E-state index in [9.17, 15) is 4.79 Å². The molecule has 0 aliphatic carbocycles. The molecule has 154 valence electrons. The third-order valence-electron chi connectivity index (χ3n) is 7.18. The number of amides is 1. The van der Waals surface area contributed by atoms with Gasteiger partial charge in [0.25, 0.3) is 0 Å². The van der Waals surface area contributed by atoms with Crippen molar-refractivity contribution in [2.24, 2.45) is 5.92 Å². The summed E-state index contributed by atoms with van der Waals surface area (Å²) in [5.74, 6) is 1.59. The summed E-state index contributed by atoms with van der Waals surface area (Å²) in [5, 5.41) is 3.37. The maximum absolute atomic E-state index is 13.5. The van der Waals surface area contributed by atoms with Crippen molar-refractivity contribution in [1.29, 1.82) is 0 Å². The van der Waals surface area contributed by atoms with Crippen molar-refractivity contribution in [2.45, 2.75) is 56.4 Å². The number of carbonyl (C=O) groups is 1. The number of rotatable bonds is 5. The lowest BCUT2D eigenvalue weighted by Crippen LogP contribution is -2.53. The highest BCUT2D eigenvalue weighted by Crippen LogP contribution is 2.36. The van der Waals surface area contributed by atoms with Crippen LogP contribution in [-0.2, 0) is 14.9 Å². The molecule has 3 fully saturated rings. The van der Waals surface area contributed by atoms with Gasteiger partial charge < -0.3 is 19.7 Å². The first kappa shape index (κ1) is 19.7. The second kappa shape index (κ2) is 8.83. The van der Waals surface area contributed by atoms with Gasteiger partial charge in [-0.25, -0.2) is 0 Å². The first-order valence-electron chi connectivity index (χ1n) is 11.0. The van der Waals surface area contributed by atoms with Crippen LogP contribution >= 0.6 is 0 Å². The quantitative estimate of drug-likeness (QED) is 0.845. The lowest BCUT2D eigenvalue weighted by molar-refractivity contribution is -0.131. The maximum atomic E-state index is 13.5. The highest BCUT2D eigenvalue weighted by atomic mass is 16.5. The summed E-state index contributed by atoms with van der Waals surface area (Å²) in [4.78, 5) is 16.1. The van der Waals surface area contributed by atoms with Gasteiger partial charge in [0.2, 0.25) is 5.91 Å². The fourth-order valence-corrected chi connectivity index (χ4v) is 5.49. The second-order valence-corrected chi connectivity index (χ2v) is 8.63. The first-order chi connectivity index (χ1) is 13.7. The molecule has 3 aliphatic rings. The zero-order valence-electron chi connectivity index (χ0n) is 17.1. The van der Waals surface area contributed by atoms with Crippen molar-refractivity contribution in [3.63, 3.8) is 0 Å². The number of nitrogens with one attached hydrogen (secondary N) is 1. The minimum Gasteiger partial charge on any atom is -0.497 e. The summed E-state index contributed by atoms with van der Waals surface area (Å²) in [7, 11) is 1.67. The Balaban J connectivity index is 1.46. The van der Waals surface area contributed by atoms with Crippen LogP contribution in [0.5, 0.6) is 5.75 Å². The molecule has 2 atom stereocenters. The average Bonchev–Trinajstić information content (AvgIpc) is 2.78. The largest absolute Gasteiger partial charge is 0.497 e. The predicted octanol–water partition coefficient (Wildman–Crippen LogP) is 3.12. The standard InChI is InChI=1S/C23H34N2O3/c1-27-20-9-7-19(8-10-20)23(11-15-28-16-12-23)22(26)24-17-18-5-4-14-25-13-3-2-6-21(18)25/h7-10,18,21H,2-6,11-17H2,1H3,(H,24,26)/t18-,21-/m1/s1. The summed E-state index contributed by atoms with van der Waals surface area (Å²) in [6.07, 6.45) is 7.93. The van der Waals surface area contributed by atoms with Gasteiger partial charge in [-0.3, -0.25) is 4.79 Å². The zero-order chi connectivity index (χ0) is 19.4. The summed E-state index contributed by atoms with van der Waals surface area (Å²) >= 11 is 0. The lowest BCUT2D eigenvalue weighted by atomic mass is 9.73. The lowest BCUT2D eigenvalue weighted by Gasteiger charge is -2.45. The number of benzene rings is 1. The topological polar surface area (TPSA) is 50.8 Å². The van der Waals surface area contributed by atoms with Crippen molar-refractivity contribution in [1.82, 2.24) is 10.2 Å². The Kier molecular flexibility index (Phi) is 6.22. The van der Waals surface area contributed by atoms with E-state index in [1.807, 2.05) is 24.3 Å². The molecule has 0 spiro atoms. The van der Waals surface area contributed by atoms with Crippen LogP contribution in [0.1, 0.15) is 50.5 Å². The molecule has 0 radical (unpaired) electrons. The fraction of sp³-hybridized carbons (Fsp3) is 0.696. The minimum absolute atomic E-state index is 0.175. The monoisotopic (exact) mass is 386 g/mol. The van der Waals surface area contributed by atoms with Gasteiger partial charge in [0.05, 0.1) is 12.5 Å². The molecule has 0 aromatic heterocycles. The number of methoxy groups -OCH3 is 1. The molecule has 5 heteroatoms. The van der Waals surface area contributed by atoms with E-state index in [2.05, 4.69) is 10.2 Å². The van der Waals surface area contributed by atoms with Crippen LogP contribution in [0, 0.1) is 5.92 Å². The Morgan fingerprint density at radius 2 is 1.89 bits per heavy atom. The third kappa shape index (κ3) is 3.92. The number of nitrogens with zero attached hydrogens (tertiary/aromatic N) is 1. The Bertz CT molecular complexity index is 652. The molecule has 0 unspecified atom stereocenters. The Morgan fingerprint density at radius 3 is 2.64 bits per heavy atom. The van der Waals surface area contributed by atoms with Gasteiger partial charge in [0, 0.05) is 25.8 Å². The van der Waals surface area contributed by atoms with Gasteiger partial charge in [-0.2, -0.15) is 0 Å². The van der Waals surface area contributed by atoms with E-state index >= 15 is 0 Å². The Hall–Kier alpha value is -1.59. The molecular formula is C23H34N2O3. The van der Waals surface area contributed by atoms with Gasteiger partial charge in [-0.05, 0) is 75.2 Å². The van der Waals surface area contributed by atoms with Crippen molar-refractivity contribution in [3.8, 4) is 5.75 Å². The van der Waals surface area contributed by atoms with Crippen molar-refractivity contribution < 1.29 is 14.3 Å². The first-order valence-corrected chi connectivity index (χ1v) is 11.0. The smallest absolute Gasteiger partial charge is 0.230 e. The molecule has 1 amide bonds. The van der Waals surface area contributed by atoms with Gasteiger partial charge in [0.1, 0.15) is 5.75 Å². The Morgan fingerprint density at radius 1 is 1.14 bits per heavy atom. The van der Waals surface area contributed by atoms with Crippen LogP contribution in [0.4, 0.5) is 0 Å². The van der Waals surface area contributed by atoms with Gasteiger partial charge >= 0.3 is 0 Å². The highest BCUT2D eigenvalue weighted by molar-refractivity contribution is 5.88. The van der Waals surface area contributed by atoms with E-state index in [4.69, 9.17) is 9.47 Å². The van der Waals surface area contributed by atoms with E-state index in [0.717, 1.165) is 30.7 Å². The van der Waals surface area contributed by atoms with E-state index in [1.54, 1.807) is 7.11 Å². The fourth-order valence-electron chi connectivity index (χ4n) is 5.49. The molecule has 28 heavy (non-hydrogen) atoms. The molecule has 3 heterocycles. The van der Waals surface area contributed by atoms with Crippen LogP contribution in [0.2, 0.25) is 0 Å². The van der Waals surface area contributed by atoms with E-state index < -0.39 is 5.41 Å². The van der Waals surface area contributed by atoms with Gasteiger partial charge in [0.15, 0.2) is 0 Å². The summed E-state index contributed by atoms with van der Waals surface area (Å²) in [6, 6.07) is 8.68. The number of fused-ring (bicyclic) bond motifs is 1. The SMILES string of the molecule is COc1ccc(C2(C(=O)NC[C@H]3CCCN4CCCC[C@H]34)CCOCC2)cc1. The van der Waals surface area contributed by atoms with Crippen LogP contribution in [-0.4, -0.2) is 56.8 Å². The summed E-state index contributed by atoms with van der Waals surface area (Å²) in [6.45, 7) is 4.56. The van der Waals surface area contributed by atoms with Gasteiger partial charge in [-0.1, -0.05) is 18.6 Å². The number of piperidine rings is 2. The average molecular weight is 387 g/mol. The number of ether oxygens (including phenoxy) is 2. The molecular weight excluding hydrogens is 352 g/mol. The molecule has 3 aliphatic heterocycles. The molecule has 1 aromatic carbocycles. The van der Waals surface area contributed by atoms with Crippen molar-refractivity contribution >= 4 is 5.91 Å². The second-order valence-electron chi connectivity index (χ2n) is 8.63. The van der Waals surface area contributed by atoms with E-state index in [0.29, 0.717) is 25.2 Å². The van der Waals surface area contributed by atoms with E-state index in [1.165, 1.54) is 45.2 Å². The maximum Gasteiger partial charge on any atom is 0.230 e. The molecule has 5 nitrogen and oxygen atoms in total. The van der Waals surface area contributed by atoms with Crippen LogP contribution in [0.25, 0.3) is 0 Å². The highest BCUT2D eigenvalue weighted by Gasteiger charge is 2.42. The normalized spacial score (nSPS) is 27.6. The number of carbonyl (C=O) groups excluding carboxylic acids is 1. The number of hydrogen-bond acceptors (Lipinski definition) is 4. The van der Waals surface area contributed by atoms with Crippen molar-refractivity contribution in [3.05, 3.63) is 29.8 Å².